The van der Waals surface area contributed by atoms with Gasteiger partial charge in [0.1, 0.15) is 5.60 Å². The first kappa shape index (κ1) is 17.1. The Morgan fingerprint density at radius 3 is 2.24 bits per heavy atom. The van der Waals surface area contributed by atoms with E-state index in [1.165, 1.54) is 19.2 Å². The molecule has 0 fully saturated rings. The third-order valence-corrected chi connectivity index (χ3v) is 2.56. The summed E-state index contributed by atoms with van der Waals surface area (Å²) in [6.45, 7) is 8.50. The van der Waals surface area contributed by atoms with Crippen molar-refractivity contribution in [1.29, 1.82) is 0 Å². The molecular weight excluding hydrogens is 283 g/mol. The molecule has 0 unspecified atom stereocenters. The number of anilines is 1. The van der Waals surface area contributed by atoms with Gasteiger partial charge in [0.25, 0.3) is 0 Å². The highest BCUT2D eigenvalue weighted by Crippen LogP contribution is 2.33. The second-order valence-corrected chi connectivity index (χ2v) is 5.55. The van der Waals surface area contributed by atoms with Crippen LogP contribution in [0.1, 0.15) is 31.9 Å². The number of ether oxygens (including phenoxy) is 1. The molecule has 1 aromatic carbocycles. The second kappa shape index (κ2) is 5.79. The second-order valence-electron chi connectivity index (χ2n) is 5.55. The number of rotatable bonds is 2. The average Bonchev–Trinajstić information content (AvgIpc) is 2.34. The average molecular weight is 301 g/mol. The Morgan fingerprint density at radius 1 is 1.24 bits per heavy atom. The summed E-state index contributed by atoms with van der Waals surface area (Å²) in [4.78, 5) is 13.0. The molecule has 0 spiro atoms. The van der Waals surface area contributed by atoms with Crippen LogP contribution >= 0.6 is 0 Å². The topological polar surface area (TPSA) is 29.5 Å². The number of hydrogen-bond acceptors (Lipinski definition) is 2. The predicted molar refractivity (Wildman–Crippen MR) is 76.2 cm³/mol. The maximum Gasteiger partial charge on any atom is 0.416 e. The maximum atomic E-state index is 12.9. The Morgan fingerprint density at radius 2 is 1.81 bits per heavy atom. The van der Waals surface area contributed by atoms with Gasteiger partial charge in [-0.25, -0.2) is 4.79 Å². The van der Waals surface area contributed by atoms with Crippen LogP contribution in [-0.2, 0) is 10.9 Å². The van der Waals surface area contributed by atoms with Gasteiger partial charge < -0.3 is 4.74 Å². The van der Waals surface area contributed by atoms with Crippen LogP contribution in [0.5, 0.6) is 0 Å². The summed E-state index contributed by atoms with van der Waals surface area (Å²) in [5.74, 6) is 0. The van der Waals surface area contributed by atoms with Gasteiger partial charge in [-0.15, -0.1) is 0 Å². The lowest BCUT2D eigenvalue weighted by molar-refractivity contribution is -0.137. The summed E-state index contributed by atoms with van der Waals surface area (Å²) >= 11 is 0. The molecule has 0 atom stereocenters. The van der Waals surface area contributed by atoms with E-state index >= 15 is 0 Å². The highest BCUT2D eigenvalue weighted by Gasteiger charge is 2.32. The monoisotopic (exact) mass is 301 g/mol. The number of alkyl halides is 3. The minimum Gasteiger partial charge on any atom is -0.443 e. The Balaban J connectivity index is 3.17. The van der Waals surface area contributed by atoms with Crippen LogP contribution in [0.2, 0.25) is 0 Å². The van der Waals surface area contributed by atoms with E-state index in [4.69, 9.17) is 4.74 Å². The Labute approximate surface area is 122 Å². The molecule has 1 aromatic rings. The van der Waals surface area contributed by atoms with Crippen LogP contribution in [0.4, 0.5) is 23.7 Å². The third-order valence-electron chi connectivity index (χ3n) is 2.56. The molecule has 0 aliphatic heterocycles. The molecule has 0 aromatic heterocycles. The molecule has 6 heteroatoms. The first-order valence-electron chi connectivity index (χ1n) is 6.25. The van der Waals surface area contributed by atoms with Gasteiger partial charge in [0.2, 0.25) is 0 Å². The van der Waals surface area contributed by atoms with E-state index in [1.807, 2.05) is 0 Å². The number of amides is 1. The summed E-state index contributed by atoms with van der Waals surface area (Å²) < 4.78 is 43.7. The van der Waals surface area contributed by atoms with Crippen LogP contribution in [-0.4, -0.2) is 18.7 Å². The highest BCUT2D eigenvalue weighted by atomic mass is 19.4. The van der Waals surface area contributed by atoms with E-state index in [0.29, 0.717) is 0 Å². The number of nitrogens with zero attached hydrogens (tertiary/aromatic N) is 1. The molecule has 116 valence electrons. The van der Waals surface area contributed by atoms with E-state index in [1.54, 1.807) is 20.8 Å². The van der Waals surface area contributed by atoms with Crippen LogP contribution < -0.4 is 4.90 Å². The molecular formula is C15H18F3NO2. The molecule has 1 amide bonds. The summed E-state index contributed by atoms with van der Waals surface area (Å²) in [6.07, 6.45) is -3.93. The zero-order valence-electron chi connectivity index (χ0n) is 12.4. The number of carbonyl (C=O) groups excluding carboxylic acids is 1. The smallest absolute Gasteiger partial charge is 0.416 e. The van der Waals surface area contributed by atoms with E-state index in [0.717, 1.165) is 17.0 Å². The molecule has 21 heavy (non-hydrogen) atoms. The number of halogens is 3. The number of hydrogen-bond donors (Lipinski definition) is 0. The van der Waals surface area contributed by atoms with Crippen LogP contribution in [0.15, 0.2) is 24.8 Å². The van der Waals surface area contributed by atoms with Crippen molar-refractivity contribution in [3.05, 3.63) is 35.9 Å². The normalized spacial score (nSPS) is 12.0. The molecule has 0 bridgehead atoms. The molecule has 0 radical (unpaired) electrons. The van der Waals surface area contributed by atoms with Gasteiger partial charge in [-0.2, -0.15) is 13.2 Å². The Hall–Kier alpha value is -1.98. The largest absolute Gasteiger partial charge is 0.443 e. The Kier molecular flexibility index (Phi) is 4.71. The van der Waals surface area contributed by atoms with Crippen LogP contribution in [0.3, 0.4) is 0 Å². The number of carbonyl (C=O) groups is 1. The molecule has 0 heterocycles. The minimum atomic E-state index is -4.50. The van der Waals surface area contributed by atoms with Crippen molar-refractivity contribution < 1.29 is 22.7 Å². The zero-order valence-corrected chi connectivity index (χ0v) is 12.4. The lowest BCUT2D eigenvalue weighted by Gasteiger charge is -2.25. The van der Waals surface area contributed by atoms with Gasteiger partial charge >= 0.3 is 12.3 Å². The van der Waals surface area contributed by atoms with E-state index in [2.05, 4.69) is 6.58 Å². The zero-order chi connectivity index (χ0) is 16.4. The van der Waals surface area contributed by atoms with Crippen molar-refractivity contribution in [3.8, 4) is 0 Å². The van der Waals surface area contributed by atoms with Crippen molar-refractivity contribution in [2.75, 3.05) is 11.9 Å². The van der Waals surface area contributed by atoms with Gasteiger partial charge in [0, 0.05) is 12.7 Å². The number of benzene rings is 1. The molecule has 0 aliphatic rings. The fourth-order valence-electron chi connectivity index (χ4n) is 1.55. The van der Waals surface area contributed by atoms with E-state index < -0.39 is 23.4 Å². The van der Waals surface area contributed by atoms with Gasteiger partial charge in [-0.05, 0) is 44.5 Å². The van der Waals surface area contributed by atoms with Gasteiger partial charge in [0.15, 0.2) is 0 Å². The first-order valence-corrected chi connectivity index (χ1v) is 6.25. The lowest BCUT2D eigenvalue weighted by Crippen LogP contribution is -2.34. The lowest BCUT2D eigenvalue weighted by atomic mass is 10.1. The first-order chi connectivity index (χ1) is 9.44. The molecule has 3 nitrogen and oxygen atoms in total. The quantitative estimate of drug-likeness (QED) is 0.791. The summed E-state index contributed by atoms with van der Waals surface area (Å²) in [6, 6.07) is 3.31. The summed E-state index contributed by atoms with van der Waals surface area (Å²) in [5, 5.41) is 0. The van der Waals surface area contributed by atoms with Crippen molar-refractivity contribution in [3.63, 3.8) is 0 Å². The van der Waals surface area contributed by atoms with Crippen molar-refractivity contribution in [2.24, 2.45) is 0 Å². The van der Waals surface area contributed by atoms with E-state index in [9.17, 15) is 18.0 Å². The van der Waals surface area contributed by atoms with Crippen LogP contribution in [0.25, 0.3) is 6.08 Å². The van der Waals surface area contributed by atoms with Crippen molar-refractivity contribution in [2.45, 2.75) is 32.5 Å². The molecule has 0 saturated heterocycles. The summed E-state index contributed by atoms with van der Waals surface area (Å²) in [5.41, 5.74) is -1.21. The van der Waals surface area contributed by atoms with Gasteiger partial charge in [-0.1, -0.05) is 12.7 Å². The van der Waals surface area contributed by atoms with E-state index in [-0.39, 0.29) is 11.3 Å². The fourth-order valence-corrected chi connectivity index (χ4v) is 1.55. The third kappa shape index (κ3) is 4.81. The molecule has 0 saturated carbocycles. The predicted octanol–water partition coefficient (Wildman–Crippen LogP) is 4.72. The van der Waals surface area contributed by atoms with Gasteiger partial charge in [0.05, 0.1) is 5.56 Å². The molecule has 0 aliphatic carbocycles. The standard InChI is InChI=1S/C15H18F3NO2/c1-6-10-7-11(15(16,17)18)9-12(8-10)19(5)13(20)21-14(2,3)4/h6-9H,1H2,2-5H3. The highest BCUT2D eigenvalue weighted by molar-refractivity contribution is 5.88. The molecule has 1 rings (SSSR count). The van der Waals surface area contributed by atoms with Crippen molar-refractivity contribution >= 4 is 17.9 Å². The Bertz CT molecular complexity index is 545. The van der Waals surface area contributed by atoms with Crippen LogP contribution in [0, 0.1) is 0 Å². The summed E-state index contributed by atoms with van der Waals surface area (Å²) in [7, 11) is 1.36. The fraction of sp³-hybridized carbons (Fsp3) is 0.400. The SMILES string of the molecule is C=Cc1cc(N(C)C(=O)OC(C)(C)C)cc(C(F)(F)F)c1. The molecule has 0 N–H and O–H groups in total. The minimum absolute atomic E-state index is 0.0916. The maximum absolute atomic E-state index is 12.9. The van der Waals surface area contributed by atoms with Crippen molar-refractivity contribution in [1.82, 2.24) is 0 Å². The van der Waals surface area contributed by atoms with Gasteiger partial charge in [-0.3, -0.25) is 4.90 Å².